The number of carbonyl (C=O) groups is 2. The van der Waals surface area contributed by atoms with Crippen molar-refractivity contribution in [3.63, 3.8) is 0 Å². The van der Waals surface area contributed by atoms with Gasteiger partial charge in [0.15, 0.2) is 24.8 Å². The number of carboxylic acid groups (broad SMARTS) is 2. The van der Waals surface area contributed by atoms with Crippen molar-refractivity contribution in [1.82, 2.24) is 0 Å². The molecule has 4 rings (SSSR count). The predicted octanol–water partition coefficient (Wildman–Crippen LogP) is 1.31. The van der Waals surface area contributed by atoms with E-state index in [1.54, 1.807) is 0 Å². The van der Waals surface area contributed by atoms with Crippen molar-refractivity contribution in [3.8, 4) is 34.1 Å². The molecule has 0 unspecified atom stereocenters. The van der Waals surface area contributed by atoms with Crippen molar-refractivity contribution in [1.29, 1.82) is 0 Å². The highest BCUT2D eigenvalue weighted by Crippen LogP contribution is 2.20. The Morgan fingerprint density at radius 3 is 1.18 bits per heavy atom. The third kappa shape index (κ3) is 7.54. The number of aromatic carboxylic acids is 2. The van der Waals surface area contributed by atoms with Crippen molar-refractivity contribution < 1.29 is 50.2 Å². The fourth-order valence-electron chi connectivity index (χ4n) is 2.53. The van der Waals surface area contributed by atoms with Crippen LogP contribution in [0.5, 0.6) is 23.0 Å². The fourth-order valence-corrected chi connectivity index (χ4v) is 2.53. The molecule has 0 aliphatic carbocycles. The lowest BCUT2D eigenvalue weighted by Crippen LogP contribution is -2.02. The molecule has 2 heterocycles. The topological polar surface area (TPSA) is 189 Å². The lowest BCUT2D eigenvalue weighted by molar-refractivity contribution is -0.378. The summed E-state index contributed by atoms with van der Waals surface area (Å²) in [6, 6.07) is 14.4. The van der Waals surface area contributed by atoms with E-state index in [1.807, 2.05) is 24.8 Å². The number of hydrogen-bond donors (Lipinski definition) is 4. The maximum absolute atomic E-state index is 10.7. The highest BCUT2D eigenvalue weighted by atomic mass is 16.4. The molecule has 174 valence electrons. The van der Waals surface area contributed by atoms with Crippen LogP contribution in [-0.4, -0.2) is 32.4 Å². The van der Waals surface area contributed by atoms with E-state index < -0.39 is 34.6 Å². The Morgan fingerprint density at radius 2 is 0.912 bits per heavy atom. The first kappa shape index (κ1) is 25.1. The van der Waals surface area contributed by atoms with E-state index in [1.165, 1.54) is 11.1 Å². The summed E-state index contributed by atoms with van der Waals surface area (Å²) in [4.78, 5) is 26.5. The SMILES string of the molecule is O=C(O)c1cc(O)ccc1[O-].O=C(O)c1cc(O)ccc1[O-].c1cc(-c2cc[nH+]cc2)cc[nH+]1. The normalized spacial score (nSPS) is 9.53. The summed E-state index contributed by atoms with van der Waals surface area (Å²) in [5.74, 6) is -4.30. The average Bonchev–Trinajstić information content (AvgIpc) is 2.84. The Balaban J connectivity index is 0.000000181. The van der Waals surface area contributed by atoms with Crippen LogP contribution in [0.4, 0.5) is 0 Å². The molecule has 0 amide bonds. The maximum Gasteiger partial charge on any atom is 0.335 e. The van der Waals surface area contributed by atoms with Crippen LogP contribution in [0.1, 0.15) is 20.7 Å². The van der Waals surface area contributed by atoms with Gasteiger partial charge in [0.05, 0.1) is 11.1 Å². The molecule has 0 saturated heterocycles. The fraction of sp³-hybridized carbons (Fsp3) is 0. The molecule has 0 spiro atoms. The van der Waals surface area contributed by atoms with Crippen LogP contribution < -0.4 is 20.2 Å². The van der Waals surface area contributed by atoms with Gasteiger partial charge in [0.1, 0.15) is 11.5 Å². The number of phenolic OH excluding ortho intramolecular Hbond substituents is 2. The van der Waals surface area contributed by atoms with Gasteiger partial charge < -0.3 is 30.6 Å². The Kier molecular flexibility index (Phi) is 8.91. The number of pyridine rings is 2. The van der Waals surface area contributed by atoms with Gasteiger partial charge in [-0.05, 0) is 35.4 Å². The molecule has 0 radical (unpaired) electrons. The quantitative estimate of drug-likeness (QED) is 0.349. The summed E-state index contributed by atoms with van der Waals surface area (Å²) in [7, 11) is 0. The lowest BCUT2D eigenvalue weighted by Gasteiger charge is -2.08. The number of phenols is 2. The van der Waals surface area contributed by atoms with E-state index in [4.69, 9.17) is 20.4 Å². The molecule has 0 aliphatic heterocycles. The highest BCUT2D eigenvalue weighted by molar-refractivity contribution is 5.91. The molecule has 10 nitrogen and oxygen atoms in total. The third-order valence-electron chi connectivity index (χ3n) is 4.16. The van der Waals surface area contributed by atoms with Crippen LogP contribution in [0.25, 0.3) is 11.1 Å². The monoisotopic (exact) mass is 464 g/mol. The number of aromatic hydroxyl groups is 2. The van der Waals surface area contributed by atoms with Crippen LogP contribution in [0.15, 0.2) is 85.5 Å². The molecule has 4 aromatic rings. The molecule has 0 atom stereocenters. The number of hydrogen-bond acceptors (Lipinski definition) is 6. The van der Waals surface area contributed by atoms with Gasteiger partial charge in [0, 0.05) is 24.3 Å². The summed E-state index contributed by atoms with van der Waals surface area (Å²) in [6.07, 6.45) is 7.69. The Labute approximate surface area is 193 Å². The summed E-state index contributed by atoms with van der Waals surface area (Å²) >= 11 is 0. The van der Waals surface area contributed by atoms with E-state index in [9.17, 15) is 19.8 Å². The van der Waals surface area contributed by atoms with Crippen molar-refractivity contribution in [2.75, 3.05) is 0 Å². The largest absolute Gasteiger partial charge is 0.872 e. The van der Waals surface area contributed by atoms with Crippen LogP contribution in [0.2, 0.25) is 0 Å². The molecule has 0 aliphatic rings. The number of rotatable bonds is 3. The minimum absolute atomic E-state index is 0.220. The number of aromatic nitrogens is 2. The smallest absolute Gasteiger partial charge is 0.335 e. The highest BCUT2D eigenvalue weighted by Gasteiger charge is 2.04. The van der Waals surface area contributed by atoms with Gasteiger partial charge in [-0.25, -0.2) is 19.6 Å². The lowest BCUT2D eigenvalue weighted by atomic mass is 10.1. The van der Waals surface area contributed by atoms with E-state index in [0.717, 1.165) is 36.4 Å². The van der Waals surface area contributed by atoms with Gasteiger partial charge >= 0.3 is 11.9 Å². The number of carboxylic acids is 2. The molecular formula is C24H20N2O8. The number of H-pyrrole nitrogens is 2. The number of nitrogens with one attached hydrogen (secondary N) is 2. The zero-order valence-electron chi connectivity index (χ0n) is 17.5. The minimum atomic E-state index is -1.33. The Hall–Kier alpha value is -5.12. The summed E-state index contributed by atoms with van der Waals surface area (Å²) < 4.78 is 0. The molecule has 2 aromatic carbocycles. The van der Waals surface area contributed by atoms with Crippen molar-refractivity contribution in [2.24, 2.45) is 0 Å². The second-order valence-electron chi connectivity index (χ2n) is 6.55. The van der Waals surface area contributed by atoms with E-state index in [-0.39, 0.29) is 11.5 Å². The molecule has 2 aromatic heterocycles. The molecule has 0 bridgehead atoms. The first-order valence-electron chi connectivity index (χ1n) is 9.58. The summed E-state index contributed by atoms with van der Waals surface area (Å²) in [5.41, 5.74) is 1.63. The molecule has 10 heteroatoms. The second kappa shape index (κ2) is 12.1. The van der Waals surface area contributed by atoms with Gasteiger partial charge in [-0.2, -0.15) is 0 Å². The van der Waals surface area contributed by atoms with Crippen molar-refractivity contribution >= 4 is 11.9 Å². The molecular weight excluding hydrogens is 444 g/mol. The summed E-state index contributed by atoms with van der Waals surface area (Å²) in [5, 5.41) is 55.8. The molecule has 6 N–H and O–H groups in total. The van der Waals surface area contributed by atoms with Gasteiger partial charge in [-0.1, -0.05) is 23.6 Å². The maximum atomic E-state index is 10.7. The van der Waals surface area contributed by atoms with Crippen molar-refractivity contribution in [2.45, 2.75) is 0 Å². The van der Waals surface area contributed by atoms with E-state index in [2.05, 4.69) is 34.2 Å². The number of aromatic amines is 2. The van der Waals surface area contributed by atoms with E-state index in [0.29, 0.717) is 0 Å². The van der Waals surface area contributed by atoms with Gasteiger partial charge in [0.2, 0.25) is 0 Å². The first-order valence-corrected chi connectivity index (χ1v) is 9.58. The number of benzene rings is 2. The third-order valence-corrected chi connectivity index (χ3v) is 4.16. The first-order chi connectivity index (χ1) is 16.2. The van der Waals surface area contributed by atoms with Gasteiger partial charge in [-0.15, -0.1) is 0 Å². The molecule has 34 heavy (non-hydrogen) atoms. The zero-order valence-corrected chi connectivity index (χ0v) is 17.5. The Morgan fingerprint density at radius 1 is 0.588 bits per heavy atom. The second-order valence-corrected chi connectivity index (χ2v) is 6.55. The average molecular weight is 464 g/mol. The Bertz CT molecular complexity index is 1150. The van der Waals surface area contributed by atoms with E-state index >= 15 is 0 Å². The predicted molar refractivity (Wildman–Crippen MR) is 114 cm³/mol. The van der Waals surface area contributed by atoms with Crippen LogP contribution in [0.3, 0.4) is 0 Å². The molecule has 0 saturated carbocycles. The molecule has 0 fully saturated rings. The van der Waals surface area contributed by atoms with Crippen molar-refractivity contribution in [3.05, 3.63) is 96.6 Å². The summed E-state index contributed by atoms with van der Waals surface area (Å²) in [6.45, 7) is 0. The van der Waals surface area contributed by atoms with Gasteiger partial charge in [0.25, 0.3) is 0 Å². The minimum Gasteiger partial charge on any atom is -0.872 e. The zero-order chi connectivity index (χ0) is 25.1. The van der Waals surface area contributed by atoms with Crippen LogP contribution >= 0.6 is 0 Å². The van der Waals surface area contributed by atoms with Crippen LogP contribution in [0, 0.1) is 0 Å². The standard InChI is InChI=1S/C10H8N2.2C7H6O4/c1-5-11-6-2-9(1)10-3-7-12-8-4-10;2*8-4-1-2-6(9)5(3-4)7(10)11/h1-8H;2*1-3,8-9H,(H,10,11). The van der Waals surface area contributed by atoms with Gasteiger partial charge in [-0.3, -0.25) is 0 Å². The van der Waals surface area contributed by atoms with Crippen LogP contribution in [-0.2, 0) is 0 Å².